The second kappa shape index (κ2) is 4.86. The Bertz CT molecular complexity index is 611. The topological polar surface area (TPSA) is 21.1 Å². The quantitative estimate of drug-likeness (QED) is 0.742. The SMILES string of the molecule is CN1CCC(=C2c3ccsc3CCn3ccnc32)CC1. The van der Waals surface area contributed by atoms with Crippen molar-refractivity contribution in [1.82, 2.24) is 14.5 Å². The van der Waals surface area contributed by atoms with Gasteiger partial charge in [0.1, 0.15) is 5.82 Å². The van der Waals surface area contributed by atoms with Gasteiger partial charge in [0.25, 0.3) is 0 Å². The fourth-order valence-corrected chi connectivity index (χ4v) is 4.18. The average Bonchev–Trinajstić information content (AvgIpc) is 3.07. The largest absolute Gasteiger partial charge is 0.331 e. The number of hydrogen-bond acceptors (Lipinski definition) is 3. The molecule has 2 aromatic heterocycles. The summed E-state index contributed by atoms with van der Waals surface area (Å²) < 4.78 is 2.33. The van der Waals surface area contributed by atoms with Crippen LogP contribution in [0.1, 0.15) is 29.1 Å². The normalized spacial score (nSPS) is 19.6. The predicted octanol–water partition coefficient (Wildman–Crippen LogP) is 3.03. The van der Waals surface area contributed by atoms with E-state index >= 15 is 0 Å². The van der Waals surface area contributed by atoms with E-state index in [4.69, 9.17) is 0 Å². The summed E-state index contributed by atoms with van der Waals surface area (Å²) in [5.74, 6) is 1.18. The van der Waals surface area contributed by atoms with Crippen molar-refractivity contribution in [3.05, 3.63) is 45.7 Å². The van der Waals surface area contributed by atoms with Crippen LogP contribution in [-0.4, -0.2) is 34.6 Å². The molecule has 20 heavy (non-hydrogen) atoms. The highest BCUT2D eigenvalue weighted by atomic mass is 32.1. The highest BCUT2D eigenvalue weighted by Gasteiger charge is 2.24. The molecule has 2 aromatic rings. The Morgan fingerprint density at radius 1 is 1.15 bits per heavy atom. The van der Waals surface area contributed by atoms with Gasteiger partial charge in [-0.2, -0.15) is 0 Å². The van der Waals surface area contributed by atoms with Crippen LogP contribution in [0.3, 0.4) is 0 Å². The fraction of sp³-hybridized carbons (Fsp3) is 0.438. The van der Waals surface area contributed by atoms with E-state index in [0.29, 0.717) is 0 Å². The van der Waals surface area contributed by atoms with Crippen LogP contribution in [0.25, 0.3) is 5.57 Å². The van der Waals surface area contributed by atoms with Gasteiger partial charge in [-0.05, 0) is 36.9 Å². The Balaban J connectivity index is 1.89. The van der Waals surface area contributed by atoms with Crippen LogP contribution in [0.2, 0.25) is 0 Å². The Morgan fingerprint density at radius 2 is 2.00 bits per heavy atom. The number of rotatable bonds is 0. The standard InChI is InChI=1S/C16H19N3S/c1-18-7-2-12(3-8-18)15-13-5-11-20-14(13)4-9-19-10-6-17-16(15)19/h5-6,10-11H,2-4,7-9H2,1H3. The molecule has 2 aliphatic heterocycles. The minimum Gasteiger partial charge on any atom is -0.331 e. The van der Waals surface area contributed by atoms with E-state index in [-0.39, 0.29) is 0 Å². The Morgan fingerprint density at radius 3 is 2.85 bits per heavy atom. The summed E-state index contributed by atoms with van der Waals surface area (Å²) in [6, 6.07) is 2.30. The van der Waals surface area contributed by atoms with E-state index in [0.717, 1.165) is 13.0 Å². The van der Waals surface area contributed by atoms with Crippen LogP contribution in [0.5, 0.6) is 0 Å². The second-order valence-corrected chi connectivity index (χ2v) is 6.73. The third kappa shape index (κ3) is 1.95. The molecule has 104 valence electrons. The third-order valence-electron chi connectivity index (χ3n) is 4.48. The minimum absolute atomic E-state index is 1.06. The lowest BCUT2D eigenvalue weighted by Crippen LogP contribution is -2.27. The van der Waals surface area contributed by atoms with E-state index in [2.05, 4.69) is 39.1 Å². The second-order valence-electron chi connectivity index (χ2n) is 5.73. The van der Waals surface area contributed by atoms with Gasteiger partial charge in [0.05, 0.1) is 0 Å². The van der Waals surface area contributed by atoms with Gasteiger partial charge < -0.3 is 9.47 Å². The lowest BCUT2D eigenvalue weighted by molar-refractivity contribution is 0.313. The van der Waals surface area contributed by atoms with Gasteiger partial charge in [-0.25, -0.2) is 4.98 Å². The van der Waals surface area contributed by atoms with Crippen molar-refractivity contribution < 1.29 is 0 Å². The van der Waals surface area contributed by atoms with Crippen molar-refractivity contribution in [3.8, 4) is 0 Å². The molecule has 4 rings (SSSR count). The predicted molar refractivity (Wildman–Crippen MR) is 83.0 cm³/mol. The molecule has 1 saturated heterocycles. The molecule has 4 heterocycles. The van der Waals surface area contributed by atoms with Gasteiger partial charge in [0.15, 0.2) is 0 Å². The Labute approximate surface area is 123 Å². The number of imidazole rings is 1. The lowest BCUT2D eigenvalue weighted by atomic mass is 9.93. The van der Waals surface area contributed by atoms with Gasteiger partial charge in [-0.1, -0.05) is 5.57 Å². The number of nitrogens with zero attached hydrogens (tertiary/aromatic N) is 3. The highest BCUT2D eigenvalue weighted by Crippen LogP contribution is 2.37. The zero-order chi connectivity index (χ0) is 13.5. The molecule has 0 atom stereocenters. The molecular formula is C16H19N3S. The Kier molecular flexibility index (Phi) is 3.00. The van der Waals surface area contributed by atoms with Gasteiger partial charge in [0, 0.05) is 48.9 Å². The molecule has 0 saturated carbocycles. The molecule has 4 heteroatoms. The molecule has 0 unspecified atom stereocenters. The van der Waals surface area contributed by atoms with Crippen molar-refractivity contribution in [1.29, 1.82) is 0 Å². The van der Waals surface area contributed by atoms with Crippen LogP contribution in [0.4, 0.5) is 0 Å². The summed E-state index contributed by atoms with van der Waals surface area (Å²) in [5.41, 5.74) is 4.47. The summed E-state index contributed by atoms with van der Waals surface area (Å²) >= 11 is 1.90. The van der Waals surface area contributed by atoms with E-state index in [1.165, 1.54) is 47.8 Å². The molecule has 3 nitrogen and oxygen atoms in total. The van der Waals surface area contributed by atoms with Gasteiger partial charge in [0.2, 0.25) is 0 Å². The molecule has 0 radical (unpaired) electrons. The molecule has 0 bridgehead atoms. The van der Waals surface area contributed by atoms with Gasteiger partial charge in [-0.3, -0.25) is 0 Å². The Hall–Kier alpha value is -1.39. The summed E-state index contributed by atoms with van der Waals surface area (Å²) in [4.78, 5) is 8.61. The maximum atomic E-state index is 4.67. The molecule has 0 aliphatic carbocycles. The summed E-state index contributed by atoms with van der Waals surface area (Å²) in [7, 11) is 2.21. The molecule has 1 fully saturated rings. The van der Waals surface area contributed by atoms with E-state index in [1.807, 2.05) is 17.5 Å². The third-order valence-corrected chi connectivity index (χ3v) is 5.46. The first-order valence-electron chi connectivity index (χ1n) is 7.32. The molecule has 0 aromatic carbocycles. The zero-order valence-electron chi connectivity index (χ0n) is 11.8. The smallest absolute Gasteiger partial charge is 0.140 e. The fourth-order valence-electron chi connectivity index (χ4n) is 3.30. The number of hydrogen-bond donors (Lipinski definition) is 0. The summed E-state index contributed by atoms with van der Waals surface area (Å²) in [5, 5.41) is 2.23. The average molecular weight is 285 g/mol. The minimum atomic E-state index is 1.06. The summed E-state index contributed by atoms with van der Waals surface area (Å²) in [6.07, 6.45) is 7.55. The van der Waals surface area contributed by atoms with Crippen molar-refractivity contribution in [3.63, 3.8) is 0 Å². The molecule has 0 amide bonds. The lowest BCUT2D eigenvalue weighted by Gasteiger charge is -2.26. The van der Waals surface area contributed by atoms with Gasteiger partial charge in [-0.15, -0.1) is 11.3 Å². The van der Waals surface area contributed by atoms with Crippen molar-refractivity contribution in [2.24, 2.45) is 0 Å². The summed E-state index contributed by atoms with van der Waals surface area (Å²) in [6.45, 7) is 3.39. The number of fused-ring (bicyclic) bond motifs is 2. The van der Waals surface area contributed by atoms with Crippen molar-refractivity contribution in [2.45, 2.75) is 25.8 Å². The molecule has 2 aliphatic rings. The first-order valence-corrected chi connectivity index (χ1v) is 8.19. The molecular weight excluding hydrogens is 266 g/mol. The zero-order valence-corrected chi connectivity index (χ0v) is 12.6. The van der Waals surface area contributed by atoms with Crippen molar-refractivity contribution in [2.75, 3.05) is 20.1 Å². The highest BCUT2D eigenvalue weighted by molar-refractivity contribution is 7.10. The van der Waals surface area contributed by atoms with Crippen LogP contribution in [-0.2, 0) is 13.0 Å². The molecule has 0 spiro atoms. The van der Waals surface area contributed by atoms with Crippen LogP contribution in [0.15, 0.2) is 29.4 Å². The first-order chi connectivity index (χ1) is 9.83. The number of aromatic nitrogens is 2. The van der Waals surface area contributed by atoms with Crippen LogP contribution < -0.4 is 0 Å². The van der Waals surface area contributed by atoms with Crippen molar-refractivity contribution >= 4 is 16.9 Å². The number of aryl methyl sites for hydroxylation is 2. The molecule has 0 N–H and O–H groups in total. The number of likely N-dealkylation sites (tertiary alicyclic amines) is 1. The van der Waals surface area contributed by atoms with Crippen LogP contribution >= 0.6 is 11.3 Å². The maximum absolute atomic E-state index is 4.67. The monoisotopic (exact) mass is 285 g/mol. The van der Waals surface area contributed by atoms with E-state index in [9.17, 15) is 0 Å². The first kappa shape index (κ1) is 12.4. The van der Waals surface area contributed by atoms with Gasteiger partial charge >= 0.3 is 0 Å². The maximum Gasteiger partial charge on any atom is 0.140 e. The van der Waals surface area contributed by atoms with E-state index in [1.54, 1.807) is 5.57 Å². The van der Waals surface area contributed by atoms with E-state index < -0.39 is 0 Å². The number of thiophene rings is 1. The number of piperidine rings is 1. The van der Waals surface area contributed by atoms with Crippen LogP contribution in [0, 0.1) is 0 Å².